The van der Waals surface area contributed by atoms with Crippen molar-refractivity contribution in [3.63, 3.8) is 0 Å². The quantitative estimate of drug-likeness (QED) is 0.191. The molecule has 10 rings (SSSR count). The Balaban J connectivity index is 1.23. The van der Waals surface area contributed by atoms with E-state index in [1.807, 2.05) is 91.9 Å². The second-order valence-corrected chi connectivity index (χ2v) is 12.9. The molecule has 0 aliphatic carbocycles. The van der Waals surface area contributed by atoms with Gasteiger partial charge in [0, 0.05) is 38.3 Å². The predicted molar refractivity (Wildman–Crippen MR) is 197 cm³/mol. The van der Waals surface area contributed by atoms with E-state index in [0.29, 0.717) is 11.1 Å². The highest BCUT2D eigenvalue weighted by Crippen LogP contribution is 2.42. The van der Waals surface area contributed by atoms with E-state index in [1.54, 1.807) is 18.2 Å². The van der Waals surface area contributed by atoms with Crippen molar-refractivity contribution in [3.05, 3.63) is 156 Å². The van der Waals surface area contributed by atoms with Crippen molar-refractivity contribution in [1.29, 1.82) is 5.26 Å². The Bertz CT molecular complexity index is 3040. The second kappa shape index (κ2) is 10.4. The molecule has 6 heteroatoms. The van der Waals surface area contributed by atoms with Crippen LogP contribution in [0.15, 0.2) is 138 Å². The Hall–Kier alpha value is -6.71. The molecule has 0 radical (unpaired) electrons. The molecule has 0 N–H and O–H groups in total. The summed E-state index contributed by atoms with van der Waals surface area (Å²) in [7, 11) is 0. The molecule has 0 bridgehead atoms. The molecule has 0 fully saturated rings. The summed E-state index contributed by atoms with van der Waals surface area (Å²) in [6, 6.07) is 44.7. The van der Waals surface area contributed by atoms with Gasteiger partial charge in [-0.3, -0.25) is 0 Å². The summed E-state index contributed by atoms with van der Waals surface area (Å²) in [5, 5.41) is 15.3. The summed E-state index contributed by atoms with van der Waals surface area (Å²) < 4.78 is 40.6. The van der Waals surface area contributed by atoms with E-state index in [1.165, 1.54) is 6.07 Å². The topological polar surface area (TPSA) is 46.8 Å². The zero-order chi connectivity index (χ0) is 33.7. The normalized spacial score (nSPS) is 11.9. The van der Waals surface area contributed by atoms with Gasteiger partial charge >= 0.3 is 0 Å². The first-order chi connectivity index (χ1) is 24.5. The molecule has 0 aliphatic rings. The lowest BCUT2D eigenvalue weighted by Gasteiger charge is -2.14. The van der Waals surface area contributed by atoms with Crippen molar-refractivity contribution in [2.24, 2.45) is 0 Å². The number of benzene rings is 7. The van der Waals surface area contributed by atoms with E-state index < -0.39 is 5.82 Å². The van der Waals surface area contributed by atoms with E-state index in [0.717, 1.165) is 82.4 Å². The van der Waals surface area contributed by atoms with Crippen LogP contribution in [0.1, 0.15) is 11.1 Å². The number of para-hydroxylation sites is 2. The van der Waals surface area contributed by atoms with Crippen molar-refractivity contribution < 1.29 is 13.2 Å². The summed E-state index contributed by atoms with van der Waals surface area (Å²) in [5.41, 5.74) is 9.49. The number of halogens is 2. The standard InChI is InChI=1S/C44H25F2N3O/c1-25-13-15-39-34(17-25)35-22-29(45)14-16-40(35)48(39)31-19-26(24-47)18-28(21-31)27-7-6-8-30(20-27)49-38-11-4-2-9-32(38)36-23-37(46)44-42(43(36)49)33-10-3-5-12-41(33)50-44/h2-23H,1H3. The van der Waals surface area contributed by atoms with Gasteiger partial charge < -0.3 is 13.6 Å². The van der Waals surface area contributed by atoms with Crippen LogP contribution >= 0.6 is 0 Å². The van der Waals surface area contributed by atoms with E-state index in [4.69, 9.17) is 4.42 Å². The molecule has 3 aromatic heterocycles. The zero-order valence-corrected chi connectivity index (χ0v) is 26.7. The van der Waals surface area contributed by atoms with Crippen LogP contribution in [0.4, 0.5) is 8.78 Å². The molecule has 4 nitrogen and oxygen atoms in total. The molecule has 0 atom stereocenters. The molecular weight excluding hydrogens is 625 g/mol. The fraction of sp³-hybridized carbons (Fsp3) is 0.0227. The summed E-state index contributed by atoms with van der Waals surface area (Å²) in [5.74, 6) is -0.695. The summed E-state index contributed by atoms with van der Waals surface area (Å²) in [6.07, 6.45) is 0. The Labute approximate surface area is 284 Å². The third kappa shape index (κ3) is 4.01. The summed E-state index contributed by atoms with van der Waals surface area (Å²) in [4.78, 5) is 0. The van der Waals surface area contributed by atoms with Gasteiger partial charge in [-0.2, -0.15) is 5.26 Å². The molecule has 236 valence electrons. The molecule has 7 aromatic carbocycles. The Morgan fingerprint density at radius 3 is 2.18 bits per heavy atom. The maximum absolute atomic E-state index is 15.7. The number of aromatic nitrogens is 2. The van der Waals surface area contributed by atoms with Crippen molar-refractivity contribution in [2.45, 2.75) is 6.92 Å². The Kier molecular flexibility index (Phi) is 5.89. The van der Waals surface area contributed by atoms with Crippen LogP contribution in [0.3, 0.4) is 0 Å². The number of furan rings is 1. The van der Waals surface area contributed by atoms with Gasteiger partial charge in [-0.15, -0.1) is 0 Å². The highest BCUT2D eigenvalue weighted by molar-refractivity contribution is 6.24. The van der Waals surface area contributed by atoms with Crippen LogP contribution in [0, 0.1) is 29.9 Å². The number of fused-ring (bicyclic) bond motifs is 10. The van der Waals surface area contributed by atoms with Crippen LogP contribution in [0.5, 0.6) is 0 Å². The molecule has 0 unspecified atom stereocenters. The molecule has 10 aromatic rings. The number of nitriles is 1. The Morgan fingerprint density at radius 2 is 1.32 bits per heavy atom. The van der Waals surface area contributed by atoms with E-state index in [9.17, 15) is 9.65 Å². The van der Waals surface area contributed by atoms with Gasteiger partial charge in [-0.05, 0) is 96.9 Å². The minimum atomic E-state index is -0.399. The van der Waals surface area contributed by atoms with Gasteiger partial charge in [0.2, 0.25) is 0 Å². The molecule has 3 heterocycles. The molecule has 0 spiro atoms. The smallest absolute Gasteiger partial charge is 0.173 e. The third-order valence-electron chi connectivity index (χ3n) is 9.86. The van der Waals surface area contributed by atoms with Crippen LogP contribution in [0.25, 0.3) is 88.1 Å². The Morgan fingerprint density at radius 1 is 0.580 bits per heavy atom. The summed E-state index contributed by atoms with van der Waals surface area (Å²) >= 11 is 0. The predicted octanol–water partition coefficient (Wildman–Crippen LogP) is 11.9. The van der Waals surface area contributed by atoms with Gasteiger partial charge in [-0.25, -0.2) is 8.78 Å². The molecular formula is C44H25F2N3O. The molecule has 0 saturated carbocycles. The molecule has 0 aliphatic heterocycles. The SMILES string of the molecule is Cc1ccc2c(c1)c1cc(F)ccc1n2-c1cc(C#N)cc(-c2cccc(-n3c4ccccc4c4cc(F)c5oc6ccccc6c5c43)c2)c1. The lowest BCUT2D eigenvalue weighted by atomic mass is 10.0. The first-order valence-corrected chi connectivity index (χ1v) is 16.4. The van der Waals surface area contributed by atoms with Crippen LogP contribution in [0.2, 0.25) is 0 Å². The van der Waals surface area contributed by atoms with Gasteiger partial charge in [0.25, 0.3) is 0 Å². The van der Waals surface area contributed by atoms with E-state index in [2.05, 4.69) is 39.5 Å². The van der Waals surface area contributed by atoms with Crippen LogP contribution in [-0.2, 0) is 0 Å². The zero-order valence-electron chi connectivity index (χ0n) is 26.7. The summed E-state index contributed by atoms with van der Waals surface area (Å²) in [6.45, 7) is 2.02. The number of nitrogens with zero attached hydrogens (tertiary/aromatic N) is 3. The fourth-order valence-corrected chi connectivity index (χ4v) is 7.75. The van der Waals surface area contributed by atoms with Crippen molar-refractivity contribution in [3.8, 4) is 28.6 Å². The molecule has 0 saturated heterocycles. The van der Waals surface area contributed by atoms with E-state index in [-0.39, 0.29) is 11.4 Å². The van der Waals surface area contributed by atoms with Crippen LogP contribution < -0.4 is 0 Å². The van der Waals surface area contributed by atoms with Gasteiger partial charge in [-0.1, -0.05) is 60.2 Å². The van der Waals surface area contributed by atoms with Gasteiger partial charge in [0.05, 0.1) is 39.1 Å². The van der Waals surface area contributed by atoms with Crippen molar-refractivity contribution in [2.75, 3.05) is 0 Å². The average molecular weight is 650 g/mol. The largest absolute Gasteiger partial charge is 0.453 e. The molecule has 0 amide bonds. The van der Waals surface area contributed by atoms with Crippen LogP contribution in [-0.4, -0.2) is 9.13 Å². The minimum absolute atomic E-state index is 0.228. The van der Waals surface area contributed by atoms with Gasteiger partial charge in [0.1, 0.15) is 11.4 Å². The maximum atomic E-state index is 15.7. The lowest BCUT2D eigenvalue weighted by molar-refractivity contribution is 0.585. The highest BCUT2D eigenvalue weighted by Gasteiger charge is 2.22. The average Bonchev–Trinajstić information content (AvgIpc) is 3.79. The molecule has 50 heavy (non-hydrogen) atoms. The number of hydrogen-bond donors (Lipinski definition) is 0. The van der Waals surface area contributed by atoms with Gasteiger partial charge in [0.15, 0.2) is 11.4 Å². The fourth-order valence-electron chi connectivity index (χ4n) is 7.75. The first kappa shape index (κ1) is 28.3. The van der Waals surface area contributed by atoms with Crippen molar-refractivity contribution >= 4 is 65.6 Å². The lowest BCUT2D eigenvalue weighted by Crippen LogP contribution is -1.97. The third-order valence-corrected chi connectivity index (χ3v) is 9.86. The monoisotopic (exact) mass is 649 g/mol. The second-order valence-electron chi connectivity index (χ2n) is 12.9. The number of hydrogen-bond acceptors (Lipinski definition) is 2. The first-order valence-electron chi connectivity index (χ1n) is 16.4. The van der Waals surface area contributed by atoms with E-state index >= 15 is 4.39 Å². The maximum Gasteiger partial charge on any atom is 0.173 e. The number of aryl methyl sites for hydroxylation is 1. The highest BCUT2D eigenvalue weighted by atomic mass is 19.1. The van der Waals surface area contributed by atoms with Crippen molar-refractivity contribution in [1.82, 2.24) is 9.13 Å². The minimum Gasteiger partial charge on any atom is -0.453 e. The number of rotatable bonds is 3.